The zero-order valence-corrected chi connectivity index (χ0v) is 15.3. The molecule has 0 fully saturated rings. The monoisotopic (exact) mass is 370 g/mol. The predicted octanol–water partition coefficient (Wildman–Crippen LogP) is 3.71. The molecule has 0 spiro atoms. The van der Waals surface area contributed by atoms with E-state index in [0.717, 1.165) is 0 Å². The van der Waals surface area contributed by atoms with E-state index in [2.05, 4.69) is 11.4 Å². The minimum Gasteiger partial charge on any atom is -0.459 e. The Bertz CT molecular complexity index is 843. The molecule has 1 N–H and O–H groups in total. The summed E-state index contributed by atoms with van der Waals surface area (Å²) in [5.41, 5.74) is 1.35. The van der Waals surface area contributed by atoms with Crippen LogP contribution in [0.5, 0.6) is 0 Å². The highest BCUT2D eigenvalue weighted by Crippen LogP contribution is 2.16. The van der Waals surface area contributed by atoms with E-state index in [4.69, 9.17) is 21.6 Å². The van der Waals surface area contributed by atoms with Gasteiger partial charge >= 0.3 is 5.97 Å². The molecule has 0 aliphatic rings. The first-order valence-corrected chi connectivity index (χ1v) is 8.52. The van der Waals surface area contributed by atoms with Gasteiger partial charge in [-0.25, -0.2) is 4.79 Å². The lowest BCUT2D eigenvalue weighted by Crippen LogP contribution is -2.45. The summed E-state index contributed by atoms with van der Waals surface area (Å²) in [6.07, 6.45) is 0. The fourth-order valence-electron chi connectivity index (χ4n) is 2.36. The van der Waals surface area contributed by atoms with E-state index >= 15 is 0 Å². The standard InChI is InChI=1S/C20H19ClN2O3/c1-13(2)18(23-19(24)16-9-5-6-10-17(16)21)20(25)26-12-15-8-4-3-7-14(15)11-22/h3-10,13,18H,12H2,1-2H3,(H,23,24)/t18-/m0/s1. The number of nitriles is 1. The van der Waals surface area contributed by atoms with Crippen LogP contribution in [0.1, 0.15) is 35.3 Å². The fourth-order valence-corrected chi connectivity index (χ4v) is 2.58. The number of nitrogens with zero attached hydrogens (tertiary/aromatic N) is 1. The Kier molecular flexibility index (Phi) is 6.76. The van der Waals surface area contributed by atoms with Crippen LogP contribution >= 0.6 is 11.6 Å². The maximum atomic E-state index is 12.5. The summed E-state index contributed by atoms with van der Waals surface area (Å²) < 4.78 is 5.32. The molecule has 0 aromatic heterocycles. The van der Waals surface area contributed by atoms with E-state index in [9.17, 15) is 9.59 Å². The van der Waals surface area contributed by atoms with Crippen molar-refractivity contribution >= 4 is 23.5 Å². The Morgan fingerprint density at radius 3 is 2.46 bits per heavy atom. The number of esters is 1. The summed E-state index contributed by atoms with van der Waals surface area (Å²) in [6, 6.07) is 14.7. The molecule has 0 bridgehead atoms. The number of carbonyl (C=O) groups excluding carboxylic acids is 2. The summed E-state index contributed by atoms with van der Waals surface area (Å²) in [5, 5.41) is 12.1. The number of carbonyl (C=O) groups is 2. The van der Waals surface area contributed by atoms with Gasteiger partial charge in [-0.05, 0) is 24.1 Å². The van der Waals surface area contributed by atoms with Gasteiger partial charge in [0.05, 0.1) is 22.2 Å². The first-order valence-electron chi connectivity index (χ1n) is 8.14. The van der Waals surface area contributed by atoms with Crippen LogP contribution < -0.4 is 5.32 Å². The van der Waals surface area contributed by atoms with Gasteiger partial charge in [0.15, 0.2) is 0 Å². The van der Waals surface area contributed by atoms with Gasteiger partial charge in [0.1, 0.15) is 12.6 Å². The number of halogens is 1. The summed E-state index contributed by atoms with van der Waals surface area (Å²) in [6.45, 7) is 3.58. The third-order valence-electron chi connectivity index (χ3n) is 3.83. The van der Waals surface area contributed by atoms with E-state index in [0.29, 0.717) is 21.7 Å². The summed E-state index contributed by atoms with van der Waals surface area (Å²) in [4.78, 5) is 24.9. The molecule has 0 radical (unpaired) electrons. The number of hydrogen-bond acceptors (Lipinski definition) is 4. The third-order valence-corrected chi connectivity index (χ3v) is 4.16. The Labute approximate surface area is 157 Å². The van der Waals surface area contributed by atoms with Crippen LogP contribution in [-0.4, -0.2) is 17.9 Å². The molecule has 0 aliphatic heterocycles. The molecule has 2 rings (SSSR count). The van der Waals surface area contributed by atoms with Crippen LogP contribution in [0.25, 0.3) is 0 Å². The molecule has 1 amide bonds. The van der Waals surface area contributed by atoms with E-state index < -0.39 is 17.9 Å². The number of nitrogens with one attached hydrogen (secondary N) is 1. The maximum Gasteiger partial charge on any atom is 0.329 e. The Balaban J connectivity index is 2.07. The highest BCUT2D eigenvalue weighted by Gasteiger charge is 2.27. The molecule has 2 aromatic carbocycles. The fraction of sp³-hybridized carbons (Fsp3) is 0.250. The third kappa shape index (κ3) is 4.84. The first kappa shape index (κ1) is 19.5. The number of benzene rings is 2. The second-order valence-electron chi connectivity index (χ2n) is 6.05. The van der Waals surface area contributed by atoms with Crippen LogP contribution in [0.2, 0.25) is 5.02 Å². The molecule has 1 atom stereocenters. The molecule has 0 unspecified atom stereocenters. The zero-order chi connectivity index (χ0) is 19.1. The van der Waals surface area contributed by atoms with Gasteiger partial charge in [0.2, 0.25) is 0 Å². The van der Waals surface area contributed by atoms with Crippen LogP contribution in [0.4, 0.5) is 0 Å². The van der Waals surface area contributed by atoms with E-state index in [-0.39, 0.29) is 12.5 Å². The molecule has 0 saturated heterocycles. The number of amides is 1. The average Bonchev–Trinajstić information content (AvgIpc) is 2.64. The van der Waals surface area contributed by atoms with Crippen molar-refractivity contribution in [2.45, 2.75) is 26.5 Å². The van der Waals surface area contributed by atoms with Crippen molar-refractivity contribution in [3.8, 4) is 6.07 Å². The lowest BCUT2D eigenvalue weighted by atomic mass is 10.0. The minimum absolute atomic E-state index is 0.0340. The van der Waals surface area contributed by atoms with Crippen molar-refractivity contribution in [2.75, 3.05) is 0 Å². The Morgan fingerprint density at radius 2 is 1.81 bits per heavy atom. The smallest absolute Gasteiger partial charge is 0.329 e. The Morgan fingerprint density at radius 1 is 1.15 bits per heavy atom. The number of ether oxygens (including phenoxy) is 1. The SMILES string of the molecule is CC(C)[C@H](NC(=O)c1ccccc1Cl)C(=O)OCc1ccccc1C#N. The second-order valence-corrected chi connectivity index (χ2v) is 6.46. The molecule has 2 aromatic rings. The molecule has 5 nitrogen and oxygen atoms in total. The van der Waals surface area contributed by atoms with Crippen LogP contribution in [-0.2, 0) is 16.1 Å². The van der Waals surface area contributed by atoms with Crippen molar-refractivity contribution in [2.24, 2.45) is 5.92 Å². The molecular weight excluding hydrogens is 352 g/mol. The minimum atomic E-state index is -0.826. The maximum absolute atomic E-state index is 12.5. The molecule has 0 heterocycles. The van der Waals surface area contributed by atoms with Crippen LogP contribution in [0.15, 0.2) is 48.5 Å². The molecule has 0 saturated carbocycles. The molecule has 0 aliphatic carbocycles. The van der Waals surface area contributed by atoms with Gasteiger partial charge in [-0.3, -0.25) is 4.79 Å². The average molecular weight is 371 g/mol. The van der Waals surface area contributed by atoms with Gasteiger partial charge in [0, 0.05) is 5.56 Å². The Hall–Kier alpha value is -2.84. The van der Waals surface area contributed by atoms with Crippen LogP contribution in [0, 0.1) is 17.2 Å². The van der Waals surface area contributed by atoms with Crippen molar-refractivity contribution in [1.29, 1.82) is 5.26 Å². The van der Waals surface area contributed by atoms with Crippen molar-refractivity contribution in [1.82, 2.24) is 5.32 Å². The molecule has 134 valence electrons. The molecule has 26 heavy (non-hydrogen) atoms. The highest BCUT2D eigenvalue weighted by molar-refractivity contribution is 6.33. The summed E-state index contributed by atoms with van der Waals surface area (Å²) >= 11 is 6.03. The van der Waals surface area contributed by atoms with Gasteiger partial charge < -0.3 is 10.1 Å². The number of hydrogen-bond donors (Lipinski definition) is 1. The quantitative estimate of drug-likeness (QED) is 0.786. The van der Waals surface area contributed by atoms with Gasteiger partial charge in [-0.2, -0.15) is 5.26 Å². The van der Waals surface area contributed by atoms with Crippen molar-refractivity contribution < 1.29 is 14.3 Å². The zero-order valence-electron chi connectivity index (χ0n) is 14.5. The largest absolute Gasteiger partial charge is 0.459 e. The first-order chi connectivity index (χ1) is 12.4. The molecule has 6 heteroatoms. The van der Waals surface area contributed by atoms with Crippen molar-refractivity contribution in [3.63, 3.8) is 0 Å². The topological polar surface area (TPSA) is 79.2 Å². The van der Waals surface area contributed by atoms with E-state index in [1.807, 2.05) is 13.8 Å². The summed E-state index contributed by atoms with van der Waals surface area (Å²) in [5.74, 6) is -1.18. The summed E-state index contributed by atoms with van der Waals surface area (Å²) in [7, 11) is 0. The van der Waals surface area contributed by atoms with Crippen molar-refractivity contribution in [3.05, 3.63) is 70.2 Å². The van der Waals surface area contributed by atoms with E-state index in [1.165, 1.54) is 0 Å². The second kappa shape index (κ2) is 9.02. The van der Waals surface area contributed by atoms with Gasteiger partial charge in [-0.1, -0.05) is 55.8 Å². The molecular formula is C20H19ClN2O3. The normalized spacial score (nSPS) is 11.5. The number of rotatable bonds is 6. The lowest BCUT2D eigenvalue weighted by Gasteiger charge is -2.21. The van der Waals surface area contributed by atoms with E-state index in [1.54, 1.807) is 48.5 Å². The predicted molar refractivity (Wildman–Crippen MR) is 98.5 cm³/mol. The lowest BCUT2D eigenvalue weighted by molar-refractivity contribution is -0.148. The highest BCUT2D eigenvalue weighted by atomic mass is 35.5. The van der Waals surface area contributed by atoms with Gasteiger partial charge in [0.25, 0.3) is 5.91 Å². The van der Waals surface area contributed by atoms with Crippen LogP contribution in [0.3, 0.4) is 0 Å². The van der Waals surface area contributed by atoms with Gasteiger partial charge in [-0.15, -0.1) is 0 Å².